The predicted molar refractivity (Wildman–Crippen MR) is 169 cm³/mol. The summed E-state index contributed by atoms with van der Waals surface area (Å²) in [5, 5.41) is 14.3. The van der Waals surface area contributed by atoms with Gasteiger partial charge >= 0.3 is 0 Å². The lowest BCUT2D eigenvalue weighted by atomic mass is 9.75. The monoisotopic (exact) mass is 528 g/mol. The molecule has 0 spiro atoms. The summed E-state index contributed by atoms with van der Waals surface area (Å²) in [6, 6.07) is 21.6. The minimum absolute atomic E-state index is 0.0460. The second-order valence-corrected chi connectivity index (χ2v) is 12.4. The molecule has 2 aliphatic heterocycles. The van der Waals surface area contributed by atoms with Crippen molar-refractivity contribution in [1.82, 2.24) is 4.90 Å². The van der Waals surface area contributed by atoms with Gasteiger partial charge in [0.15, 0.2) is 5.72 Å². The molecule has 6 rings (SSSR count). The molecule has 0 aromatic heterocycles. The number of fused-ring (bicyclic) bond motifs is 5. The standard InChI is InChI=1S/C37H40N2O/c1-35(2)32(38(5)30-23-21-26-16-11-13-18-28(26)33(30)35)20-10-8-7-9-15-25-37(40)36(3,4)34-29-19-14-12-17-27(29)22-24-31(34)39(37)6/h7-20,22,24-25,40H,21,23H2,1-6H3/b9-7+,10-8+,25-15+,32-20+. The maximum absolute atomic E-state index is 11.9. The molecular formula is C37H40N2O. The van der Waals surface area contributed by atoms with E-state index in [0.717, 1.165) is 18.5 Å². The highest BCUT2D eigenvalue weighted by molar-refractivity contribution is 5.93. The van der Waals surface area contributed by atoms with Gasteiger partial charge < -0.3 is 14.9 Å². The summed E-state index contributed by atoms with van der Waals surface area (Å²) < 4.78 is 0. The Morgan fingerprint density at radius 2 is 1.48 bits per heavy atom. The van der Waals surface area contributed by atoms with Crippen LogP contribution in [-0.2, 0) is 11.8 Å². The average molecular weight is 529 g/mol. The maximum atomic E-state index is 11.9. The van der Waals surface area contributed by atoms with E-state index in [1.54, 1.807) is 0 Å². The molecule has 204 valence electrons. The molecule has 0 radical (unpaired) electrons. The molecule has 1 aliphatic carbocycles. The van der Waals surface area contributed by atoms with Crippen molar-refractivity contribution in [1.29, 1.82) is 0 Å². The van der Waals surface area contributed by atoms with Crippen LogP contribution in [0.3, 0.4) is 0 Å². The third kappa shape index (κ3) is 3.75. The number of likely N-dealkylation sites (N-methyl/N-ethyl adjacent to an activating group) is 1. The van der Waals surface area contributed by atoms with Crippen molar-refractivity contribution < 1.29 is 5.11 Å². The Kier molecular flexibility index (Phi) is 6.19. The average Bonchev–Trinajstić information content (AvgIpc) is 3.24. The molecule has 0 fully saturated rings. The van der Waals surface area contributed by atoms with E-state index in [2.05, 4.69) is 119 Å². The van der Waals surface area contributed by atoms with Crippen LogP contribution in [0.2, 0.25) is 0 Å². The minimum Gasteiger partial charge on any atom is -0.366 e. The molecule has 3 aliphatic rings. The summed E-state index contributed by atoms with van der Waals surface area (Å²) in [5.74, 6) is 0. The lowest BCUT2D eigenvalue weighted by molar-refractivity contribution is 0.0345. The van der Waals surface area contributed by atoms with Crippen molar-refractivity contribution in [3.05, 3.63) is 131 Å². The smallest absolute Gasteiger partial charge is 0.166 e. The first kappa shape index (κ1) is 26.4. The highest BCUT2D eigenvalue weighted by Gasteiger charge is 2.54. The van der Waals surface area contributed by atoms with Gasteiger partial charge in [-0.1, -0.05) is 113 Å². The summed E-state index contributed by atoms with van der Waals surface area (Å²) in [4.78, 5) is 4.40. The van der Waals surface area contributed by atoms with E-state index in [0.29, 0.717) is 0 Å². The number of aliphatic hydroxyl groups is 1. The fourth-order valence-electron chi connectivity index (χ4n) is 7.39. The third-order valence-electron chi connectivity index (χ3n) is 9.59. The van der Waals surface area contributed by atoms with Crippen molar-refractivity contribution in [2.75, 3.05) is 19.0 Å². The Morgan fingerprint density at radius 3 is 2.30 bits per heavy atom. The van der Waals surface area contributed by atoms with Gasteiger partial charge in [0.2, 0.25) is 0 Å². The molecule has 40 heavy (non-hydrogen) atoms. The van der Waals surface area contributed by atoms with Crippen molar-refractivity contribution in [2.45, 2.75) is 51.7 Å². The Bertz CT molecular complexity index is 1650. The van der Waals surface area contributed by atoms with Crippen molar-refractivity contribution >= 4 is 22.0 Å². The topological polar surface area (TPSA) is 26.7 Å². The van der Waals surface area contributed by atoms with E-state index < -0.39 is 11.1 Å². The van der Waals surface area contributed by atoms with Gasteiger partial charge in [0, 0.05) is 42.0 Å². The van der Waals surface area contributed by atoms with Crippen LogP contribution in [0.1, 0.15) is 50.8 Å². The van der Waals surface area contributed by atoms with Gasteiger partial charge in [-0.2, -0.15) is 0 Å². The normalized spacial score (nSPS) is 24.2. The Labute approximate surface area is 239 Å². The molecule has 0 saturated carbocycles. The van der Waals surface area contributed by atoms with Crippen LogP contribution in [0.4, 0.5) is 5.69 Å². The van der Waals surface area contributed by atoms with Crippen molar-refractivity contribution in [3.8, 4) is 0 Å². The summed E-state index contributed by atoms with van der Waals surface area (Å²) in [6.07, 6.45) is 16.6. The molecule has 3 aromatic carbocycles. The largest absolute Gasteiger partial charge is 0.366 e. The number of hydrogen-bond donors (Lipinski definition) is 1. The number of rotatable bonds is 4. The molecular weight excluding hydrogens is 488 g/mol. The zero-order valence-electron chi connectivity index (χ0n) is 24.6. The molecule has 2 heterocycles. The van der Waals surface area contributed by atoms with Gasteiger partial charge in [0.05, 0.1) is 0 Å². The quantitative estimate of drug-likeness (QED) is 0.346. The van der Waals surface area contributed by atoms with Crippen LogP contribution in [0.5, 0.6) is 0 Å². The number of hydrogen-bond acceptors (Lipinski definition) is 3. The summed E-state index contributed by atoms with van der Waals surface area (Å²) in [6.45, 7) is 8.95. The van der Waals surface area contributed by atoms with Crippen LogP contribution < -0.4 is 4.90 Å². The second-order valence-electron chi connectivity index (χ2n) is 12.4. The van der Waals surface area contributed by atoms with Crippen molar-refractivity contribution in [3.63, 3.8) is 0 Å². The maximum Gasteiger partial charge on any atom is 0.166 e. The molecule has 0 bridgehead atoms. The van der Waals surface area contributed by atoms with Crippen molar-refractivity contribution in [2.24, 2.45) is 5.41 Å². The molecule has 0 amide bonds. The van der Waals surface area contributed by atoms with Crippen LogP contribution in [0, 0.1) is 5.41 Å². The van der Waals surface area contributed by atoms with Gasteiger partial charge in [-0.25, -0.2) is 0 Å². The Morgan fingerprint density at radius 1 is 0.775 bits per heavy atom. The number of nitrogens with zero attached hydrogens (tertiary/aromatic N) is 2. The van der Waals surface area contributed by atoms with Crippen LogP contribution in [0.15, 0.2) is 115 Å². The molecule has 3 nitrogen and oxygen atoms in total. The van der Waals surface area contributed by atoms with Gasteiger partial charge in [-0.15, -0.1) is 0 Å². The van der Waals surface area contributed by atoms with Gasteiger partial charge in [-0.05, 0) is 64.1 Å². The first-order chi connectivity index (χ1) is 19.1. The summed E-state index contributed by atoms with van der Waals surface area (Å²) >= 11 is 0. The van der Waals surface area contributed by atoms with Gasteiger partial charge in [0.25, 0.3) is 0 Å². The predicted octanol–water partition coefficient (Wildman–Crippen LogP) is 8.14. The van der Waals surface area contributed by atoms with E-state index in [-0.39, 0.29) is 5.41 Å². The Hall–Kier alpha value is -3.82. The number of anilines is 1. The lowest BCUT2D eigenvalue weighted by Gasteiger charge is -2.39. The third-order valence-corrected chi connectivity index (χ3v) is 9.59. The van der Waals surface area contributed by atoms with Gasteiger partial charge in [-0.3, -0.25) is 0 Å². The van der Waals surface area contributed by atoms with Crippen LogP contribution in [0.25, 0.3) is 16.3 Å². The van der Waals surface area contributed by atoms with E-state index in [4.69, 9.17) is 0 Å². The minimum atomic E-state index is -1.13. The van der Waals surface area contributed by atoms with E-state index in [1.165, 1.54) is 44.4 Å². The zero-order valence-corrected chi connectivity index (χ0v) is 24.6. The van der Waals surface area contributed by atoms with Gasteiger partial charge in [0.1, 0.15) is 0 Å². The highest BCUT2D eigenvalue weighted by atomic mass is 16.3. The second kappa shape index (κ2) is 9.38. The Balaban J connectivity index is 1.20. The van der Waals surface area contributed by atoms with E-state index >= 15 is 0 Å². The number of aryl methyl sites for hydroxylation is 1. The molecule has 3 aromatic rings. The zero-order chi connectivity index (χ0) is 28.3. The van der Waals surface area contributed by atoms with E-state index in [1.807, 2.05) is 36.3 Å². The van der Waals surface area contributed by atoms with Crippen LogP contribution in [-0.4, -0.2) is 29.8 Å². The summed E-state index contributed by atoms with van der Waals surface area (Å²) in [5.41, 5.74) is 7.73. The molecule has 1 atom stereocenters. The fourth-order valence-corrected chi connectivity index (χ4v) is 7.39. The molecule has 3 heteroatoms. The molecule has 0 saturated heterocycles. The SMILES string of the molecule is CN1C2=C(c3ccccc3CC2)C(C)(C)\C1=C/C=C/C=C/C=C/C1(O)N(C)c2ccc3ccccc3c2C1(C)C. The fraction of sp³-hybridized carbons (Fsp3) is 0.297. The molecule has 1 unspecified atom stereocenters. The van der Waals surface area contributed by atoms with E-state index in [9.17, 15) is 5.11 Å². The number of benzene rings is 3. The first-order valence-corrected chi connectivity index (χ1v) is 14.4. The lowest BCUT2D eigenvalue weighted by Crippen LogP contribution is -2.52. The summed E-state index contributed by atoms with van der Waals surface area (Å²) in [7, 11) is 4.19. The van der Waals surface area contributed by atoms with Crippen LogP contribution >= 0.6 is 0 Å². The molecule has 1 N–H and O–H groups in total. The number of allylic oxidation sites excluding steroid dienone is 8. The first-order valence-electron chi connectivity index (χ1n) is 14.4. The highest BCUT2D eigenvalue weighted by Crippen LogP contribution is 2.55.